The number of hydrogen-bond donors (Lipinski definition) is 1. The van der Waals surface area contributed by atoms with Gasteiger partial charge < -0.3 is 4.98 Å². The first-order valence-corrected chi connectivity index (χ1v) is 7.50. The lowest BCUT2D eigenvalue weighted by atomic mass is 9.98. The number of rotatable bonds is 2. The van der Waals surface area contributed by atoms with E-state index in [1.54, 1.807) is 6.92 Å². The van der Waals surface area contributed by atoms with Gasteiger partial charge in [0.2, 0.25) is 0 Å². The largest absolute Gasteiger partial charge is 0.416 e. The minimum atomic E-state index is -4.32. The van der Waals surface area contributed by atoms with Crippen molar-refractivity contribution in [1.29, 1.82) is 0 Å². The van der Waals surface area contributed by atoms with Gasteiger partial charge in [0, 0.05) is 23.0 Å². The molecule has 0 aliphatic carbocycles. The highest BCUT2D eigenvalue weighted by atomic mass is 19.4. The molecule has 0 amide bonds. The molecule has 0 atom stereocenters. The van der Waals surface area contributed by atoms with Crippen molar-refractivity contribution in [2.45, 2.75) is 33.4 Å². The van der Waals surface area contributed by atoms with E-state index in [2.05, 4.69) is 31.0 Å². The molecular weight excluding hydrogens is 299 g/mol. The number of halogens is 3. The van der Waals surface area contributed by atoms with Crippen LogP contribution in [0.5, 0.6) is 0 Å². The summed E-state index contributed by atoms with van der Waals surface area (Å²) in [6.45, 7) is 5.82. The van der Waals surface area contributed by atoms with Crippen LogP contribution < -0.4 is 0 Å². The molecule has 0 fully saturated rings. The Labute approximate surface area is 133 Å². The smallest absolute Gasteiger partial charge is 0.358 e. The summed E-state index contributed by atoms with van der Waals surface area (Å²) in [4.78, 5) is 3.15. The van der Waals surface area contributed by atoms with E-state index in [1.165, 1.54) is 28.8 Å². The van der Waals surface area contributed by atoms with Crippen LogP contribution in [0.4, 0.5) is 13.2 Å². The molecule has 120 valence electrons. The highest BCUT2D eigenvalue weighted by molar-refractivity contribution is 5.84. The number of alkyl halides is 3. The Hall–Kier alpha value is -2.23. The summed E-state index contributed by atoms with van der Waals surface area (Å²) in [6, 6.07) is 10.5. The highest BCUT2D eigenvalue weighted by Crippen LogP contribution is 2.33. The number of aromatic nitrogens is 1. The minimum absolute atomic E-state index is 0.540. The SMILES string of the molecule is Cc1cccc(C)c1Cc1cc2c(C)cc(C(F)(F)F)cc2[nH]1. The maximum Gasteiger partial charge on any atom is 0.416 e. The molecule has 1 N–H and O–H groups in total. The molecule has 0 unspecified atom stereocenters. The lowest BCUT2D eigenvalue weighted by Gasteiger charge is -2.08. The Morgan fingerprint density at radius 2 is 1.57 bits per heavy atom. The fourth-order valence-corrected chi connectivity index (χ4v) is 3.05. The lowest BCUT2D eigenvalue weighted by Crippen LogP contribution is -2.04. The van der Waals surface area contributed by atoms with Gasteiger partial charge in [-0.15, -0.1) is 0 Å². The normalized spacial score (nSPS) is 12.1. The molecule has 0 saturated carbocycles. The van der Waals surface area contributed by atoms with Crippen LogP contribution in [0.25, 0.3) is 10.9 Å². The van der Waals surface area contributed by atoms with Crippen molar-refractivity contribution in [2.75, 3.05) is 0 Å². The molecule has 0 radical (unpaired) electrons. The van der Waals surface area contributed by atoms with Crippen LogP contribution in [0.3, 0.4) is 0 Å². The fourth-order valence-electron chi connectivity index (χ4n) is 3.05. The standard InChI is InChI=1S/C19H18F3N/c1-11-5-4-6-12(2)16(11)9-15-10-17-13(3)7-14(19(20,21)22)8-18(17)23-15/h4-8,10,23H,9H2,1-3H3. The van der Waals surface area contributed by atoms with Gasteiger partial charge in [0.25, 0.3) is 0 Å². The molecule has 23 heavy (non-hydrogen) atoms. The van der Waals surface area contributed by atoms with E-state index >= 15 is 0 Å². The molecule has 1 nitrogen and oxygen atoms in total. The zero-order valence-electron chi connectivity index (χ0n) is 13.3. The van der Waals surface area contributed by atoms with Gasteiger partial charge in [0.15, 0.2) is 0 Å². The summed E-state index contributed by atoms with van der Waals surface area (Å²) >= 11 is 0. The summed E-state index contributed by atoms with van der Waals surface area (Å²) < 4.78 is 38.8. The molecule has 2 aromatic carbocycles. The van der Waals surface area contributed by atoms with Crippen molar-refractivity contribution < 1.29 is 13.2 Å². The second-order valence-corrected chi connectivity index (χ2v) is 6.09. The van der Waals surface area contributed by atoms with E-state index < -0.39 is 11.7 Å². The fraction of sp³-hybridized carbons (Fsp3) is 0.263. The zero-order valence-corrected chi connectivity index (χ0v) is 13.3. The molecule has 4 heteroatoms. The van der Waals surface area contributed by atoms with Crippen molar-refractivity contribution in [3.05, 3.63) is 69.9 Å². The van der Waals surface area contributed by atoms with Crippen LogP contribution in [0.2, 0.25) is 0 Å². The number of nitrogens with one attached hydrogen (secondary N) is 1. The minimum Gasteiger partial charge on any atom is -0.358 e. The number of aromatic amines is 1. The highest BCUT2D eigenvalue weighted by Gasteiger charge is 2.31. The first-order chi connectivity index (χ1) is 10.8. The Morgan fingerprint density at radius 3 is 2.17 bits per heavy atom. The van der Waals surface area contributed by atoms with Gasteiger partial charge in [0.1, 0.15) is 0 Å². The molecule has 1 heterocycles. The van der Waals surface area contributed by atoms with Crippen LogP contribution >= 0.6 is 0 Å². The van der Waals surface area contributed by atoms with Crippen molar-refractivity contribution in [3.63, 3.8) is 0 Å². The molecule has 0 spiro atoms. The van der Waals surface area contributed by atoms with Crippen molar-refractivity contribution in [3.8, 4) is 0 Å². The molecule has 0 aliphatic rings. The third-order valence-corrected chi connectivity index (χ3v) is 4.34. The Kier molecular flexibility index (Phi) is 3.71. The Balaban J connectivity index is 2.05. The summed E-state index contributed by atoms with van der Waals surface area (Å²) in [5.41, 5.74) is 5.10. The molecule has 1 aromatic heterocycles. The predicted molar refractivity (Wildman–Crippen MR) is 86.8 cm³/mol. The maximum absolute atomic E-state index is 12.9. The van der Waals surface area contributed by atoms with Crippen molar-refractivity contribution in [2.24, 2.45) is 0 Å². The average molecular weight is 317 g/mol. The van der Waals surface area contributed by atoms with Gasteiger partial charge in [0.05, 0.1) is 5.56 Å². The zero-order chi connectivity index (χ0) is 16.8. The van der Waals surface area contributed by atoms with Gasteiger partial charge in [-0.2, -0.15) is 13.2 Å². The van der Waals surface area contributed by atoms with Crippen molar-refractivity contribution in [1.82, 2.24) is 4.98 Å². The number of H-pyrrole nitrogens is 1. The number of benzene rings is 2. The molecular formula is C19H18F3N. The van der Waals surface area contributed by atoms with Crippen LogP contribution in [-0.4, -0.2) is 4.98 Å². The van der Waals surface area contributed by atoms with Crippen LogP contribution in [0.15, 0.2) is 36.4 Å². The van der Waals surface area contributed by atoms with Crippen molar-refractivity contribution >= 4 is 10.9 Å². The second-order valence-electron chi connectivity index (χ2n) is 6.09. The van der Waals surface area contributed by atoms with E-state index in [4.69, 9.17) is 0 Å². The van der Waals surface area contributed by atoms with E-state index in [9.17, 15) is 13.2 Å². The molecule has 3 rings (SSSR count). The quantitative estimate of drug-likeness (QED) is 0.624. The van der Waals surface area contributed by atoms with Gasteiger partial charge in [-0.1, -0.05) is 18.2 Å². The monoisotopic (exact) mass is 317 g/mol. The third kappa shape index (κ3) is 2.98. The van der Waals surface area contributed by atoms with E-state index in [1.807, 2.05) is 12.1 Å². The van der Waals surface area contributed by atoms with Gasteiger partial charge >= 0.3 is 6.18 Å². The lowest BCUT2D eigenvalue weighted by molar-refractivity contribution is -0.137. The Bertz CT molecular complexity index is 852. The van der Waals surface area contributed by atoms with Gasteiger partial charge in [-0.3, -0.25) is 0 Å². The van der Waals surface area contributed by atoms with Gasteiger partial charge in [-0.05, 0) is 61.2 Å². The number of fused-ring (bicyclic) bond motifs is 1. The molecule has 3 aromatic rings. The summed E-state index contributed by atoms with van der Waals surface area (Å²) in [7, 11) is 0. The first kappa shape index (κ1) is 15.7. The maximum atomic E-state index is 12.9. The molecule has 0 aliphatic heterocycles. The second kappa shape index (κ2) is 5.44. The van der Waals surface area contributed by atoms with Crippen LogP contribution in [0, 0.1) is 20.8 Å². The third-order valence-electron chi connectivity index (χ3n) is 4.34. The van der Waals surface area contributed by atoms with E-state index in [0.717, 1.165) is 11.1 Å². The molecule has 0 saturated heterocycles. The van der Waals surface area contributed by atoms with Crippen LogP contribution in [0.1, 0.15) is 33.5 Å². The van der Waals surface area contributed by atoms with E-state index in [-0.39, 0.29) is 0 Å². The summed E-state index contributed by atoms with van der Waals surface area (Å²) in [5, 5.41) is 0.847. The number of hydrogen-bond acceptors (Lipinski definition) is 0. The first-order valence-electron chi connectivity index (χ1n) is 7.50. The molecule has 0 bridgehead atoms. The van der Waals surface area contributed by atoms with E-state index in [0.29, 0.717) is 17.5 Å². The summed E-state index contributed by atoms with van der Waals surface area (Å²) in [5.74, 6) is 0. The van der Waals surface area contributed by atoms with Crippen LogP contribution in [-0.2, 0) is 12.6 Å². The van der Waals surface area contributed by atoms with Gasteiger partial charge in [-0.25, -0.2) is 0 Å². The summed E-state index contributed by atoms with van der Waals surface area (Å²) in [6.07, 6.45) is -3.63. The average Bonchev–Trinajstić information content (AvgIpc) is 2.85. The number of aryl methyl sites for hydroxylation is 3. The predicted octanol–water partition coefficient (Wildman–Crippen LogP) is 5.70. The topological polar surface area (TPSA) is 15.8 Å². The Morgan fingerprint density at radius 1 is 0.913 bits per heavy atom.